The number of halogens is 1. The molecule has 5 rings (SSSR count). The Labute approximate surface area is 208 Å². The lowest BCUT2D eigenvalue weighted by Crippen LogP contribution is -2.47. The number of allylic oxidation sites excluding steroid dienone is 1. The number of para-hydroxylation sites is 1. The SMILES string of the molecule is CN1/C(=C\C(=O)COC(=O)C2CSC3(c4ccc(F)cc4)CCC(=O)N23)C(C)(C)c2ccccc21. The molecule has 3 heterocycles. The Morgan fingerprint density at radius 3 is 2.60 bits per heavy atom. The number of rotatable bonds is 5. The molecule has 2 atom stereocenters. The Hall–Kier alpha value is -3.13. The van der Waals surface area contributed by atoms with Crippen LogP contribution >= 0.6 is 11.8 Å². The Kier molecular flexibility index (Phi) is 5.74. The number of ketones is 1. The minimum atomic E-state index is -0.782. The fourth-order valence-corrected chi connectivity index (χ4v) is 7.16. The molecule has 6 nitrogen and oxygen atoms in total. The van der Waals surface area contributed by atoms with Crippen molar-refractivity contribution in [2.24, 2.45) is 0 Å². The molecule has 2 aromatic carbocycles. The van der Waals surface area contributed by atoms with Crippen LogP contribution in [-0.2, 0) is 29.4 Å². The molecule has 2 aromatic rings. The number of carbonyl (C=O) groups is 3. The van der Waals surface area contributed by atoms with Gasteiger partial charge in [0.15, 0.2) is 12.4 Å². The summed E-state index contributed by atoms with van der Waals surface area (Å²) < 4.78 is 18.9. The Morgan fingerprint density at radius 2 is 1.89 bits per heavy atom. The summed E-state index contributed by atoms with van der Waals surface area (Å²) in [5, 5.41) is 0. The van der Waals surface area contributed by atoms with E-state index >= 15 is 0 Å². The number of hydrogen-bond acceptors (Lipinski definition) is 6. The van der Waals surface area contributed by atoms with Gasteiger partial charge in [0.25, 0.3) is 0 Å². The lowest BCUT2D eigenvalue weighted by molar-refractivity contribution is -0.155. The summed E-state index contributed by atoms with van der Waals surface area (Å²) in [5.74, 6) is -1.04. The molecular formula is C27H27FN2O4S. The number of hydrogen-bond donors (Lipinski definition) is 0. The predicted octanol–water partition coefficient (Wildman–Crippen LogP) is 4.14. The zero-order valence-corrected chi connectivity index (χ0v) is 20.7. The van der Waals surface area contributed by atoms with Crippen LogP contribution in [0.2, 0.25) is 0 Å². The van der Waals surface area contributed by atoms with Crippen molar-refractivity contribution in [1.82, 2.24) is 4.90 Å². The van der Waals surface area contributed by atoms with E-state index in [-0.39, 0.29) is 22.9 Å². The van der Waals surface area contributed by atoms with E-state index < -0.39 is 23.5 Å². The molecule has 0 aromatic heterocycles. The summed E-state index contributed by atoms with van der Waals surface area (Å²) in [7, 11) is 1.92. The topological polar surface area (TPSA) is 66.9 Å². The van der Waals surface area contributed by atoms with Crippen molar-refractivity contribution in [1.29, 1.82) is 0 Å². The first-order valence-corrected chi connectivity index (χ1v) is 12.6. The second-order valence-electron chi connectivity index (χ2n) is 9.69. The minimum absolute atomic E-state index is 0.137. The quantitative estimate of drug-likeness (QED) is 0.460. The molecule has 182 valence electrons. The molecule has 0 N–H and O–H groups in total. The molecule has 3 aliphatic rings. The van der Waals surface area contributed by atoms with E-state index in [0.29, 0.717) is 18.6 Å². The lowest BCUT2D eigenvalue weighted by atomic mass is 9.83. The smallest absolute Gasteiger partial charge is 0.330 e. The number of likely N-dealkylation sites (N-methyl/N-ethyl adjacent to an activating group) is 1. The van der Waals surface area contributed by atoms with Gasteiger partial charge in [-0.05, 0) is 35.7 Å². The number of ether oxygens (including phenoxy) is 1. The van der Waals surface area contributed by atoms with Crippen molar-refractivity contribution < 1.29 is 23.5 Å². The molecule has 8 heteroatoms. The van der Waals surface area contributed by atoms with Crippen LogP contribution < -0.4 is 4.90 Å². The zero-order chi connectivity index (χ0) is 25.0. The Bertz CT molecular complexity index is 1240. The molecule has 0 spiro atoms. The van der Waals surface area contributed by atoms with Crippen molar-refractivity contribution in [3.05, 3.63) is 77.2 Å². The minimum Gasteiger partial charge on any atom is -0.456 e. The Balaban J connectivity index is 1.29. The highest BCUT2D eigenvalue weighted by molar-refractivity contribution is 8.00. The summed E-state index contributed by atoms with van der Waals surface area (Å²) in [6, 6.07) is 13.3. The van der Waals surface area contributed by atoms with E-state index in [0.717, 1.165) is 22.5 Å². The zero-order valence-electron chi connectivity index (χ0n) is 19.9. The molecule has 2 fully saturated rings. The normalized spacial score (nSPS) is 25.7. The van der Waals surface area contributed by atoms with Crippen LogP contribution in [0, 0.1) is 5.82 Å². The van der Waals surface area contributed by atoms with Gasteiger partial charge in [-0.2, -0.15) is 0 Å². The number of amides is 1. The number of fused-ring (bicyclic) bond motifs is 2. The third-order valence-corrected chi connectivity index (χ3v) is 8.89. The summed E-state index contributed by atoms with van der Waals surface area (Å²) in [6.07, 6.45) is 2.39. The first-order chi connectivity index (χ1) is 16.6. The number of carbonyl (C=O) groups excluding carboxylic acids is 3. The van der Waals surface area contributed by atoms with Gasteiger partial charge in [0, 0.05) is 42.1 Å². The van der Waals surface area contributed by atoms with E-state index in [1.54, 1.807) is 23.1 Å². The van der Waals surface area contributed by atoms with Crippen LogP contribution in [0.5, 0.6) is 0 Å². The lowest BCUT2D eigenvalue weighted by Gasteiger charge is -2.33. The van der Waals surface area contributed by atoms with Gasteiger partial charge in [-0.3, -0.25) is 9.59 Å². The third-order valence-electron chi connectivity index (χ3n) is 7.29. The van der Waals surface area contributed by atoms with E-state index in [1.807, 2.05) is 30.1 Å². The van der Waals surface area contributed by atoms with Crippen LogP contribution in [0.15, 0.2) is 60.3 Å². The van der Waals surface area contributed by atoms with Gasteiger partial charge in [0.2, 0.25) is 5.91 Å². The predicted molar refractivity (Wildman–Crippen MR) is 132 cm³/mol. The standard InChI is InChI=1S/C27H27FN2O4S/c1-26(2)20-6-4-5-7-21(20)29(3)23(26)14-19(31)15-34-25(33)22-16-35-27(13-12-24(32)30(22)27)17-8-10-18(28)11-9-17/h4-11,14,22H,12-13,15-16H2,1-3H3/b23-14-. The molecular weight excluding hydrogens is 467 g/mol. The van der Waals surface area contributed by atoms with Gasteiger partial charge in [0.05, 0.1) is 0 Å². The van der Waals surface area contributed by atoms with Crippen LogP contribution in [-0.4, -0.2) is 48.0 Å². The van der Waals surface area contributed by atoms with Crippen LogP contribution in [0.25, 0.3) is 0 Å². The van der Waals surface area contributed by atoms with Crippen LogP contribution in [0.1, 0.15) is 37.8 Å². The van der Waals surface area contributed by atoms with Gasteiger partial charge in [-0.1, -0.05) is 44.2 Å². The maximum absolute atomic E-state index is 13.5. The molecule has 2 unspecified atom stereocenters. The second kappa shape index (κ2) is 8.52. The maximum Gasteiger partial charge on any atom is 0.330 e. The molecule has 0 radical (unpaired) electrons. The van der Waals surface area contributed by atoms with Crippen LogP contribution in [0.4, 0.5) is 10.1 Å². The van der Waals surface area contributed by atoms with E-state index in [2.05, 4.69) is 19.9 Å². The number of esters is 1. The highest BCUT2D eigenvalue weighted by atomic mass is 32.2. The van der Waals surface area contributed by atoms with E-state index in [1.165, 1.54) is 23.9 Å². The fraction of sp³-hybridized carbons (Fsp3) is 0.370. The number of anilines is 1. The third kappa shape index (κ3) is 3.75. The maximum atomic E-state index is 13.5. The number of benzene rings is 2. The number of thioether (sulfide) groups is 1. The highest BCUT2D eigenvalue weighted by Gasteiger charge is 2.57. The fourth-order valence-electron chi connectivity index (χ4n) is 5.52. The summed E-state index contributed by atoms with van der Waals surface area (Å²) >= 11 is 1.49. The van der Waals surface area contributed by atoms with E-state index in [9.17, 15) is 18.8 Å². The van der Waals surface area contributed by atoms with Gasteiger partial charge in [-0.25, -0.2) is 9.18 Å². The van der Waals surface area contributed by atoms with Crippen molar-refractivity contribution in [3.8, 4) is 0 Å². The molecule has 3 aliphatic heterocycles. The Morgan fingerprint density at radius 1 is 1.17 bits per heavy atom. The molecule has 1 amide bonds. The van der Waals surface area contributed by atoms with Crippen molar-refractivity contribution >= 4 is 35.1 Å². The first kappa shape index (κ1) is 23.6. The largest absolute Gasteiger partial charge is 0.456 e. The first-order valence-electron chi connectivity index (χ1n) is 11.6. The second-order valence-corrected chi connectivity index (χ2v) is 11.0. The van der Waals surface area contributed by atoms with Crippen molar-refractivity contribution in [3.63, 3.8) is 0 Å². The van der Waals surface area contributed by atoms with Gasteiger partial charge in [0.1, 0.15) is 16.7 Å². The average Bonchev–Trinajstić information content (AvgIpc) is 3.45. The molecule has 0 bridgehead atoms. The molecule has 0 saturated carbocycles. The van der Waals surface area contributed by atoms with E-state index in [4.69, 9.17) is 4.74 Å². The molecule has 2 saturated heterocycles. The monoisotopic (exact) mass is 494 g/mol. The van der Waals surface area contributed by atoms with Crippen molar-refractivity contribution in [2.45, 2.75) is 43.0 Å². The highest BCUT2D eigenvalue weighted by Crippen LogP contribution is 2.54. The molecule has 0 aliphatic carbocycles. The average molecular weight is 495 g/mol. The number of nitrogens with zero attached hydrogens (tertiary/aromatic N) is 2. The van der Waals surface area contributed by atoms with Gasteiger partial charge >= 0.3 is 5.97 Å². The van der Waals surface area contributed by atoms with Gasteiger partial charge in [-0.15, -0.1) is 11.8 Å². The summed E-state index contributed by atoms with van der Waals surface area (Å²) in [5.41, 5.74) is 3.44. The molecule has 35 heavy (non-hydrogen) atoms. The van der Waals surface area contributed by atoms with Crippen molar-refractivity contribution in [2.75, 3.05) is 24.3 Å². The summed E-state index contributed by atoms with van der Waals surface area (Å²) in [4.78, 5) is 41.4. The van der Waals surface area contributed by atoms with Gasteiger partial charge < -0.3 is 14.5 Å². The summed E-state index contributed by atoms with van der Waals surface area (Å²) in [6.45, 7) is 3.73. The van der Waals surface area contributed by atoms with Crippen LogP contribution in [0.3, 0.4) is 0 Å².